The lowest BCUT2D eigenvalue weighted by Crippen LogP contribution is -2.65. The van der Waals surface area contributed by atoms with Crippen molar-refractivity contribution >= 4 is 17.5 Å². The molecule has 37 heavy (non-hydrogen) atoms. The van der Waals surface area contributed by atoms with E-state index in [-0.39, 0.29) is 23.0 Å². The summed E-state index contributed by atoms with van der Waals surface area (Å²) >= 11 is 0. The van der Waals surface area contributed by atoms with E-state index in [1.165, 1.54) is 12.1 Å². The average Bonchev–Trinajstić information content (AvgIpc) is 3.44. The van der Waals surface area contributed by atoms with Gasteiger partial charge in [-0.3, -0.25) is 9.59 Å². The van der Waals surface area contributed by atoms with Crippen LogP contribution in [0.5, 0.6) is 0 Å². The molecule has 9 heteroatoms. The molecule has 8 nitrogen and oxygen atoms in total. The average molecular weight is 506 g/mol. The predicted molar refractivity (Wildman–Crippen MR) is 135 cm³/mol. The number of aliphatic hydroxyl groups is 1. The molecule has 1 N–H and O–H groups in total. The monoisotopic (exact) mass is 505 g/mol. The normalized spacial score (nSPS) is 21.5. The maximum atomic E-state index is 13.7. The summed E-state index contributed by atoms with van der Waals surface area (Å²) in [4.78, 5) is 34.8. The van der Waals surface area contributed by atoms with Gasteiger partial charge in [0.15, 0.2) is 5.65 Å². The number of hydrogen-bond acceptors (Lipinski definition) is 5. The molecule has 1 aromatic carbocycles. The minimum absolute atomic E-state index is 0.0301. The molecule has 1 aliphatic heterocycles. The zero-order chi connectivity index (χ0) is 26.2. The molecule has 2 aromatic heterocycles. The Bertz CT molecular complexity index is 1410. The van der Waals surface area contributed by atoms with Crippen LogP contribution in [-0.4, -0.2) is 72.1 Å². The van der Waals surface area contributed by atoms with Crippen LogP contribution < -0.4 is 0 Å². The zero-order valence-electron chi connectivity index (χ0n) is 21.5. The van der Waals surface area contributed by atoms with Crippen molar-refractivity contribution in [3.05, 3.63) is 53.6 Å². The van der Waals surface area contributed by atoms with Crippen molar-refractivity contribution in [2.45, 2.75) is 69.4 Å². The second-order valence-electron chi connectivity index (χ2n) is 11.8. The number of nitrogens with zero attached hydrogens (tertiary/aromatic N) is 5. The van der Waals surface area contributed by atoms with E-state index in [4.69, 9.17) is 10.1 Å². The molecule has 6 rings (SSSR count). The van der Waals surface area contributed by atoms with E-state index < -0.39 is 11.1 Å². The Balaban J connectivity index is 1.31. The minimum Gasteiger partial charge on any atom is -0.380 e. The first-order valence-electron chi connectivity index (χ1n) is 13.0. The SMILES string of the molecule is CC1(c2cc(-c3ccc(F)cc3)nn3cc(C(=O)N4CCN(C(=O)C5(O)CCC5)CC4(C)C)nc23)CC1. The van der Waals surface area contributed by atoms with Crippen LogP contribution in [-0.2, 0) is 10.2 Å². The standard InChI is InChI=1S/C28H32FN5O3/c1-26(2)17-32(25(36)28(37)9-4-10-28)13-14-33(26)24(35)22-16-34-23(30-22)20(27(3)11-12-27)15-21(31-34)18-5-7-19(29)8-6-18/h5-8,15-16,37H,4,9-14,17H2,1-3H3. The molecular formula is C28H32FN5O3. The van der Waals surface area contributed by atoms with Crippen LogP contribution in [0, 0.1) is 5.82 Å². The fraction of sp³-hybridized carbons (Fsp3) is 0.500. The Morgan fingerprint density at radius 2 is 1.73 bits per heavy atom. The fourth-order valence-corrected chi connectivity index (χ4v) is 5.61. The number of amides is 2. The summed E-state index contributed by atoms with van der Waals surface area (Å²) in [6, 6.07) is 8.25. The number of fused-ring (bicyclic) bond motifs is 1. The van der Waals surface area contributed by atoms with Gasteiger partial charge in [0, 0.05) is 30.8 Å². The molecule has 0 atom stereocenters. The van der Waals surface area contributed by atoms with E-state index in [2.05, 4.69) is 6.92 Å². The largest absolute Gasteiger partial charge is 0.380 e. The number of imidazole rings is 1. The van der Waals surface area contributed by atoms with E-state index in [1.807, 2.05) is 19.9 Å². The summed E-state index contributed by atoms with van der Waals surface area (Å²) in [5.41, 5.74) is 1.60. The molecule has 2 aliphatic carbocycles. The van der Waals surface area contributed by atoms with Gasteiger partial charge in [0.2, 0.25) is 0 Å². The van der Waals surface area contributed by atoms with Crippen LogP contribution >= 0.6 is 0 Å². The van der Waals surface area contributed by atoms with Gasteiger partial charge in [0.05, 0.1) is 17.4 Å². The Morgan fingerprint density at radius 1 is 1.03 bits per heavy atom. The van der Waals surface area contributed by atoms with Crippen LogP contribution in [0.2, 0.25) is 0 Å². The Hall–Kier alpha value is -3.33. The Morgan fingerprint density at radius 3 is 2.32 bits per heavy atom. The van der Waals surface area contributed by atoms with Gasteiger partial charge in [0.25, 0.3) is 11.8 Å². The molecule has 3 fully saturated rings. The molecule has 194 valence electrons. The van der Waals surface area contributed by atoms with Crippen molar-refractivity contribution < 1.29 is 19.1 Å². The third kappa shape index (κ3) is 4.00. The summed E-state index contributed by atoms with van der Waals surface area (Å²) in [6.07, 6.45) is 5.59. The van der Waals surface area contributed by atoms with Gasteiger partial charge < -0.3 is 14.9 Å². The van der Waals surface area contributed by atoms with Crippen LogP contribution in [0.4, 0.5) is 4.39 Å². The van der Waals surface area contributed by atoms with E-state index in [0.29, 0.717) is 49.5 Å². The number of aromatic nitrogens is 3. The first-order chi connectivity index (χ1) is 17.5. The van der Waals surface area contributed by atoms with Gasteiger partial charge in [-0.1, -0.05) is 6.92 Å². The molecule has 1 saturated heterocycles. The number of halogens is 1. The minimum atomic E-state index is -1.24. The second-order valence-corrected chi connectivity index (χ2v) is 11.8. The Labute approximate surface area is 215 Å². The lowest BCUT2D eigenvalue weighted by molar-refractivity contribution is -0.164. The molecule has 3 aromatic rings. The molecule has 3 heterocycles. The van der Waals surface area contributed by atoms with Crippen LogP contribution in [0.3, 0.4) is 0 Å². The molecule has 3 aliphatic rings. The fourth-order valence-electron chi connectivity index (χ4n) is 5.61. The van der Waals surface area contributed by atoms with E-state index in [9.17, 15) is 19.1 Å². The van der Waals surface area contributed by atoms with Crippen molar-refractivity contribution in [2.75, 3.05) is 19.6 Å². The van der Waals surface area contributed by atoms with Crippen LogP contribution in [0.1, 0.15) is 68.9 Å². The Kier molecular flexibility index (Phi) is 5.25. The highest BCUT2D eigenvalue weighted by atomic mass is 19.1. The maximum Gasteiger partial charge on any atom is 0.274 e. The highest BCUT2D eigenvalue weighted by molar-refractivity contribution is 5.94. The molecule has 0 bridgehead atoms. The van der Waals surface area contributed by atoms with Crippen LogP contribution in [0.25, 0.3) is 16.9 Å². The summed E-state index contributed by atoms with van der Waals surface area (Å²) in [5.74, 6) is -0.743. The third-order valence-electron chi connectivity index (χ3n) is 8.45. The molecule has 2 amide bonds. The van der Waals surface area contributed by atoms with Crippen molar-refractivity contribution in [1.82, 2.24) is 24.4 Å². The van der Waals surface area contributed by atoms with Crippen molar-refractivity contribution in [3.8, 4) is 11.3 Å². The highest BCUT2D eigenvalue weighted by Crippen LogP contribution is 2.49. The van der Waals surface area contributed by atoms with E-state index >= 15 is 0 Å². The summed E-state index contributed by atoms with van der Waals surface area (Å²) in [6.45, 7) is 7.14. The lowest BCUT2D eigenvalue weighted by atomic mass is 9.78. The number of benzene rings is 1. The molecular weight excluding hydrogens is 473 g/mol. The summed E-state index contributed by atoms with van der Waals surface area (Å²) in [7, 11) is 0. The number of rotatable bonds is 4. The number of piperazine rings is 1. The van der Waals surface area contributed by atoms with Gasteiger partial charge >= 0.3 is 0 Å². The van der Waals surface area contributed by atoms with Crippen molar-refractivity contribution in [3.63, 3.8) is 0 Å². The number of carbonyl (C=O) groups excluding carboxylic acids is 2. The second kappa shape index (κ2) is 8.08. The maximum absolute atomic E-state index is 13.7. The number of carbonyl (C=O) groups is 2. The van der Waals surface area contributed by atoms with Gasteiger partial charge in [-0.25, -0.2) is 13.9 Å². The van der Waals surface area contributed by atoms with E-state index in [0.717, 1.165) is 30.4 Å². The first-order valence-corrected chi connectivity index (χ1v) is 13.0. The predicted octanol–water partition coefficient (Wildman–Crippen LogP) is 3.56. The summed E-state index contributed by atoms with van der Waals surface area (Å²) in [5, 5.41) is 15.3. The highest BCUT2D eigenvalue weighted by Gasteiger charge is 2.48. The quantitative estimate of drug-likeness (QED) is 0.586. The lowest BCUT2D eigenvalue weighted by Gasteiger charge is -2.49. The molecule has 0 spiro atoms. The van der Waals surface area contributed by atoms with Gasteiger partial charge in [-0.15, -0.1) is 0 Å². The van der Waals surface area contributed by atoms with Crippen LogP contribution in [0.15, 0.2) is 36.5 Å². The smallest absolute Gasteiger partial charge is 0.274 e. The van der Waals surface area contributed by atoms with Gasteiger partial charge in [-0.05, 0) is 81.7 Å². The van der Waals surface area contributed by atoms with Gasteiger partial charge in [0.1, 0.15) is 17.1 Å². The molecule has 2 saturated carbocycles. The first kappa shape index (κ1) is 24.0. The molecule has 0 radical (unpaired) electrons. The molecule has 0 unspecified atom stereocenters. The zero-order valence-corrected chi connectivity index (χ0v) is 21.5. The van der Waals surface area contributed by atoms with Crippen molar-refractivity contribution in [2.24, 2.45) is 0 Å². The third-order valence-corrected chi connectivity index (χ3v) is 8.45. The van der Waals surface area contributed by atoms with E-state index in [1.54, 1.807) is 32.6 Å². The summed E-state index contributed by atoms with van der Waals surface area (Å²) < 4.78 is 15.2. The topological polar surface area (TPSA) is 91.0 Å². The number of hydrogen-bond donors (Lipinski definition) is 1. The van der Waals surface area contributed by atoms with Crippen molar-refractivity contribution in [1.29, 1.82) is 0 Å². The van der Waals surface area contributed by atoms with Gasteiger partial charge in [-0.2, -0.15) is 5.10 Å².